The van der Waals surface area contributed by atoms with Crippen molar-refractivity contribution in [2.24, 2.45) is 0 Å². The van der Waals surface area contributed by atoms with Gasteiger partial charge in [0, 0.05) is 11.4 Å². The third kappa shape index (κ3) is 4.69. The molecule has 0 aliphatic carbocycles. The summed E-state index contributed by atoms with van der Waals surface area (Å²) in [6, 6.07) is 7.67. The van der Waals surface area contributed by atoms with Crippen LogP contribution in [0.3, 0.4) is 0 Å². The minimum Gasteiger partial charge on any atom is -0.497 e. The Kier molecular flexibility index (Phi) is 6.15. The Bertz CT molecular complexity index is 530. The molecule has 0 aliphatic rings. The summed E-state index contributed by atoms with van der Waals surface area (Å²) in [7, 11) is 1.66. The monoisotopic (exact) mass is 311 g/mol. The molecule has 0 bridgehead atoms. The minimum atomic E-state index is 0.495. The normalized spacial score (nSPS) is 10.5. The van der Waals surface area contributed by atoms with Crippen molar-refractivity contribution in [2.75, 3.05) is 13.7 Å². The van der Waals surface area contributed by atoms with E-state index in [0.29, 0.717) is 12.5 Å². The van der Waals surface area contributed by atoms with E-state index in [-0.39, 0.29) is 0 Å². The van der Waals surface area contributed by atoms with Crippen LogP contribution in [0.5, 0.6) is 11.5 Å². The fraction of sp³-hybridized carbons (Fsp3) is 0.400. The van der Waals surface area contributed by atoms with Gasteiger partial charge in [0.15, 0.2) is 0 Å². The van der Waals surface area contributed by atoms with Crippen molar-refractivity contribution in [3.05, 3.63) is 40.3 Å². The van der Waals surface area contributed by atoms with Crippen molar-refractivity contribution in [3.63, 3.8) is 0 Å². The molecule has 3 nitrogen and oxygen atoms in total. The lowest BCUT2D eigenvalue weighted by atomic mass is 10.2. The molecule has 1 heterocycles. The van der Waals surface area contributed by atoms with Gasteiger partial charge < -0.3 is 9.47 Å². The number of thiazole rings is 1. The van der Waals surface area contributed by atoms with Gasteiger partial charge in [-0.2, -0.15) is 0 Å². The number of benzene rings is 1. The highest BCUT2D eigenvalue weighted by Crippen LogP contribution is 2.19. The molecule has 1 aromatic carbocycles. The molecule has 108 valence electrons. The van der Waals surface area contributed by atoms with Crippen LogP contribution < -0.4 is 9.47 Å². The van der Waals surface area contributed by atoms with Crippen LogP contribution >= 0.6 is 22.9 Å². The second-order valence-electron chi connectivity index (χ2n) is 4.35. The number of halogens is 1. The fourth-order valence-corrected chi connectivity index (χ4v) is 2.85. The third-order valence-electron chi connectivity index (χ3n) is 2.83. The van der Waals surface area contributed by atoms with Crippen molar-refractivity contribution < 1.29 is 9.47 Å². The third-order valence-corrected chi connectivity index (χ3v) is 4.06. The number of unbranched alkanes of at least 4 members (excludes halogenated alkanes) is 1. The maximum Gasteiger partial charge on any atom is 0.122 e. The molecule has 0 saturated heterocycles. The molecule has 0 amide bonds. The Labute approximate surface area is 128 Å². The summed E-state index contributed by atoms with van der Waals surface area (Å²) in [6.45, 7) is 0.709. The summed E-state index contributed by atoms with van der Waals surface area (Å²) in [6.07, 6.45) is 3.06. The molecule has 0 spiro atoms. The lowest BCUT2D eigenvalue weighted by Crippen LogP contribution is -1.98. The Hall–Kier alpha value is -1.26. The summed E-state index contributed by atoms with van der Waals surface area (Å²) in [5.74, 6) is 2.16. The zero-order valence-electron chi connectivity index (χ0n) is 11.5. The van der Waals surface area contributed by atoms with Crippen LogP contribution in [0.15, 0.2) is 29.6 Å². The first-order valence-corrected chi connectivity index (χ1v) is 7.99. The van der Waals surface area contributed by atoms with Gasteiger partial charge in [-0.1, -0.05) is 6.07 Å². The summed E-state index contributed by atoms with van der Waals surface area (Å²) in [4.78, 5) is 4.44. The van der Waals surface area contributed by atoms with E-state index in [2.05, 4.69) is 4.98 Å². The predicted octanol–water partition coefficient (Wildman–Crippen LogP) is 4.29. The van der Waals surface area contributed by atoms with Gasteiger partial charge in [0.25, 0.3) is 0 Å². The van der Waals surface area contributed by atoms with Crippen LogP contribution in [-0.4, -0.2) is 18.7 Å². The van der Waals surface area contributed by atoms with E-state index in [1.54, 1.807) is 18.4 Å². The Morgan fingerprint density at radius 1 is 1.25 bits per heavy atom. The molecular formula is C15H18ClNO2S. The highest BCUT2D eigenvalue weighted by atomic mass is 35.5. The molecule has 0 aliphatic heterocycles. The zero-order chi connectivity index (χ0) is 14.2. The van der Waals surface area contributed by atoms with Crippen LogP contribution in [-0.2, 0) is 12.3 Å². The summed E-state index contributed by atoms with van der Waals surface area (Å²) in [5.41, 5.74) is 0.972. The Morgan fingerprint density at radius 2 is 2.10 bits per heavy atom. The first kappa shape index (κ1) is 15.1. The van der Waals surface area contributed by atoms with E-state index < -0.39 is 0 Å². The maximum atomic E-state index is 5.73. The summed E-state index contributed by atoms with van der Waals surface area (Å²) < 4.78 is 10.9. The number of ether oxygens (including phenoxy) is 2. The highest BCUT2D eigenvalue weighted by Gasteiger charge is 2.01. The number of rotatable bonds is 8. The quantitative estimate of drug-likeness (QED) is 0.538. The van der Waals surface area contributed by atoms with Crippen LogP contribution in [0.25, 0.3) is 0 Å². The standard InChI is InChI=1S/C15H18ClNO2S/c1-18-13-5-4-6-14(9-13)19-8-3-2-7-15-17-12(10-16)11-20-15/h4-6,9,11H,2-3,7-8,10H2,1H3. The van der Waals surface area contributed by atoms with Crippen LogP contribution in [0, 0.1) is 0 Å². The number of aromatic nitrogens is 1. The van der Waals surface area contributed by atoms with Crippen LogP contribution in [0.1, 0.15) is 23.5 Å². The molecule has 0 N–H and O–H groups in total. The van der Waals surface area contributed by atoms with Crippen molar-refractivity contribution in [1.82, 2.24) is 4.98 Å². The smallest absolute Gasteiger partial charge is 0.122 e. The van der Waals surface area contributed by atoms with E-state index >= 15 is 0 Å². The first-order valence-electron chi connectivity index (χ1n) is 6.58. The molecule has 5 heteroatoms. The zero-order valence-corrected chi connectivity index (χ0v) is 13.0. The average molecular weight is 312 g/mol. The Morgan fingerprint density at radius 3 is 2.85 bits per heavy atom. The van der Waals surface area contributed by atoms with Gasteiger partial charge in [-0.15, -0.1) is 22.9 Å². The molecular weight excluding hydrogens is 294 g/mol. The molecule has 0 radical (unpaired) electrons. The van der Waals surface area contributed by atoms with Crippen molar-refractivity contribution >= 4 is 22.9 Å². The van der Waals surface area contributed by atoms with Crippen molar-refractivity contribution in [2.45, 2.75) is 25.1 Å². The van der Waals surface area contributed by atoms with E-state index in [9.17, 15) is 0 Å². The predicted molar refractivity (Wildman–Crippen MR) is 83.1 cm³/mol. The van der Waals surface area contributed by atoms with Crippen LogP contribution in [0.2, 0.25) is 0 Å². The number of nitrogens with zero attached hydrogens (tertiary/aromatic N) is 1. The second-order valence-corrected chi connectivity index (χ2v) is 5.56. The maximum absolute atomic E-state index is 5.73. The lowest BCUT2D eigenvalue weighted by molar-refractivity contribution is 0.304. The van der Waals surface area contributed by atoms with Crippen molar-refractivity contribution in [1.29, 1.82) is 0 Å². The number of hydrogen-bond acceptors (Lipinski definition) is 4. The molecule has 20 heavy (non-hydrogen) atoms. The SMILES string of the molecule is COc1cccc(OCCCCc2nc(CCl)cs2)c1. The fourth-order valence-electron chi connectivity index (χ4n) is 1.78. The molecule has 2 aromatic rings. The van der Waals surface area contributed by atoms with Gasteiger partial charge >= 0.3 is 0 Å². The highest BCUT2D eigenvalue weighted by molar-refractivity contribution is 7.09. The molecule has 0 fully saturated rings. The summed E-state index contributed by atoms with van der Waals surface area (Å²) in [5, 5.41) is 3.18. The molecule has 0 atom stereocenters. The van der Waals surface area contributed by atoms with Crippen LogP contribution in [0.4, 0.5) is 0 Å². The van der Waals surface area contributed by atoms with Gasteiger partial charge in [0.05, 0.1) is 30.3 Å². The van der Waals surface area contributed by atoms with Gasteiger partial charge in [-0.3, -0.25) is 0 Å². The van der Waals surface area contributed by atoms with E-state index in [1.165, 1.54) is 0 Å². The number of hydrogen-bond donors (Lipinski definition) is 0. The van der Waals surface area contributed by atoms with E-state index in [0.717, 1.165) is 41.5 Å². The van der Waals surface area contributed by atoms with Crippen molar-refractivity contribution in [3.8, 4) is 11.5 Å². The second kappa shape index (κ2) is 8.12. The van der Waals surface area contributed by atoms with Gasteiger partial charge in [-0.25, -0.2) is 4.98 Å². The lowest BCUT2D eigenvalue weighted by Gasteiger charge is -2.07. The Balaban J connectivity index is 1.66. The van der Waals surface area contributed by atoms with Gasteiger partial charge in [0.2, 0.25) is 0 Å². The largest absolute Gasteiger partial charge is 0.497 e. The molecule has 2 rings (SSSR count). The minimum absolute atomic E-state index is 0.495. The topological polar surface area (TPSA) is 31.4 Å². The average Bonchev–Trinajstić information content (AvgIpc) is 2.95. The van der Waals surface area contributed by atoms with E-state index in [4.69, 9.17) is 21.1 Å². The van der Waals surface area contributed by atoms with Gasteiger partial charge in [-0.05, 0) is 31.4 Å². The molecule has 1 aromatic heterocycles. The number of methoxy groups -OCH3 is 1. The molecule has 0 saturated carbocycles. The number of alkyl halides is 1. The number of aryl methyl sites for hydroxylation is 1. The van der Waals surface area contributed by atoms with Gasteiger partial charge in [0.1, 0.15) is 11.5 Å². The summed E-state index contributed by atoms with van der Waals surface area (Å²) >= 11 is 7.41. The van der Waals surface area contributed by atoms with E-state index in [1.807, 2.05) is 29.6 Å². The first-order chi connectivity index (χ1) is 9.81. The molecule has 0 unspecified atom stereocenters.